The number of aliphatic hydroxyl groups excluding tert-OH is 1. The van der Waals surface area contributed by atoms with Crippen LogP contribution in [0.4, 0.5) is 15.5 Å². The number of carbonyl (C=O) groups excluding carboxylic acids is 2. The number of aryl methyl sites for hydroxylation is 1. The minimum atomic E-state index is -3.33. The van der Waals surface area contributed by atoms with Gasteiger partial charge in [0.25, 0.3) is 5.91 Å². The van der Waals surface area contributed by atoms with Gasteiger partial charge in [-0.1, -0.05) is 42.5 Å². The molecule has 0 bridgehead atoms. The van der Waals surface area contributed by atoms with E-state index in [2.05, 4.69) is 10.3 Å². The summed E-state index contributed by atoms with van der Waals surface area (Å²) >= 11 is 0. The molecule has 2 aromatic carbocycles. The molecule has 222 valence electrons. The van der Waals surface area contributed by atoms with Crippen molar-refractivity contribution in [3.05, 3.63) is 71.5 Å². The number of ether oxygens (including phenoxy) is 1. The zero-order valence-corrected chi connectivity index (χ0v) is 25.4. The highest BCUT2D eigenvalue weighted by atomic mass is 28.4. The number of anilines is 2. The Morgan fingerprint density at radius 2 is 1.95 bits per heavy atom. The first-order chi connectivity index (χ1) is 20.1. The second-order valence-corrected chi connectivity index (χ2v) is 16.0. The van der Waals surface area contributed by atoms with Crippen molar-refractivity contribution in [2.75, 3.05) is 23.0 Å². The van der Waals surface area contributed by atoms with Crippen LogP contribution in [0.3, 0.4) is 0 Å². The fourth-order valence-electron chi connectivity index (χ4n) is 7.25. The second kappa shape index (κ2) is 11.0. The quantitative estimate of drug-likeness (QED) is 0.293. The number of aliphatic hydroxyl groups is 1. The molecule has 4 heterocycles. The number of halogens is 1. The Morgan fingerprint density at radius 3 is 2.64 bits per heavy atom. The van der Waals surface area contributed by atoms with E-state index < -0.39 is 31.6 Å². The lowest BCUT2D eigenvalue weighted by Gasteiger charge is -2.31. The zero-order valence-electron chi connectivity index (χ0n) is 24.4. The largest absolute Gasteiger partial charge is 0.396 e. The molecule has 2 amide bonds. The maximum absolute atomic E-state index is 16.2. The molecule has 3 aliphatic rings. The van der Waals surface area contributed by atoms with E-state index in [0.29, 0.717) is 50.2 Å². The first-order valence-electron chi connectivity index (χ1n) is 14.8. The molecule has 11 heteroatoms. The lowest BCUT2D eigenvalue weighted by atomic mass is 9.82. The Balaban J connectivity index is 1.40. The molecule has 1 spiro atoms. The molecular formula is C31H38FN5O4Si. The lowest BCUT2D eigenvalue weighted by molar-refractivity contribution is -0.146. The third-order valence-electron chi connectivity index (χ3n) is 9.11. The van der Waals surface area contributed by atoms with Gasteiger partial charge in [0.15, 0.2) is 5.60 Å². The summed E-state index contributed by atoms with van der Waals surface area (Å²) in [6, 6.07) is 15.6. The van der Waals surface area contributed by atoms with Gasteiger partial charge in [0, 0.05) is 61.4 Å². The predicted octanol–water partition coefficient (Wildman–Crippen LogP) is 4.35. The molecule has 6 rings (SSSR count). The highest BCUT2D eigenvalue weighted by molar-refractivity contribution is 6.72. The van der Waals surface area contributed by atoms with E-state index >= 15 is 4.11 Å². The minimum absolute atomic E-state index is 0.0137. The summed E-state index contributed by atoms with van der Waals surface area (Å²) in [6.45, 7) is 6.78. The van der Waals surface area contributed by atoms with Gasteiger partial charge in [0.1, 0.15) is 0 Å². The zero-order chi connectivity index (χ0) is 29.6. The van der Waals surface area contributed by atoms with Gasteiger partial charge in [-0.05, 0) is 49.7 Å². The minimum Gasteiger partial charge on any atom is -0.396 e. The van der Waals surface area contributed by atoms with Gasteiger partial charge in [0.05, 0.1) is 24.0 Å². The summed E-state index contributed by atoms with van der Waals surface area (Å²) in [4.78, 5) is 30.8. The number of nitrogens with zero attached hydrogens (tertiary/aromatic N) is 5. The average Bonchev–Trinajstić information content (AvgIpc) is 3.71. The van der Waals surface area contributed by atoms with E-state index in [-0.39, 0.29) is 18.4 Å². The summed E-state index contributed by atoms with van der Waals surface area (Å²) in [7, 11) is -3.33. The van der Waals surface area contributed by atoms with E-state index in [1.807, 2.05) is 55.5 Å². The molecule has 0 aliphatic carbocycles. The summed E-state index contributed by atoms with van der Waals surface area (Å²) in [5.74, 6) is -0.543. The highest BCUT2D eigenvalue weighted by Gasteiger charge is 2.66. The SMILES string of the molecule is C[C@H]1[C@H]([Si](C)(C)F)[C@@H](CCn2cc(CCO)nn2)O[C@]12C(=O)N(Cc1ccccc1)c1ccc(N3CCCC3=O)cc12. The second-order valence-electron chi connectivity index (χ2n) is 12.2. The van der Waals surface area contributed by atoms with E-state index in [1.54, 1.807) is 33.8 Å². The summed E-state index contributed by atoms with van der Waals surface area (Å²) in [5, 5.41) is 17.5. The van der Waals surface area contributed by atoms with Crippen LogP contribution in [0.25, 0.3) is 0 Å². The molecule has 2 saturated heterocycles. The molecule has 1 aromatic heterocycles. The van der Waals surface area contributed by atoms with Crippen molar-refractivity contribution in [2.45, 2.75) is 76.0 Å². The number of hydrogen-bond donors (Lipinski definition) is 1. The Bertz CT molecular complexity index is 1480. The van der Waals surface area contributed by atoms with E-state index in [9.17, 15) is 14.7 Å². The normalized spacial score (nSPS) is 25.7. The molecule has 4 atom stereocenters. The van der Waals surface area contributed by atoms with Crippen molar-refractivity contribution in [3.63, 3.8) is 0 Å². The van der Waals surface area contributed by atoms with Crippen molar-refractivity contribution in [3.8, 4) is 0 Å². The summed E-state index contributed by atoms with van der Waals surface area (Å²) < 4.78 is 24.8. The third kappa shape index (κ3) is 4.87. The van der Waals surface area contributed by atoms with Crippen LogP contribution >= 0.6 is 0 Å². The first-order valence-corrected chi connectivity index (χ1v) is 17.8. The monoisotopic (exact) mass is 591 g/mol. The number of aromatic nitrogens is 3. The number of amides is 2. The van der Waals surface area contributed by atoms with Gasteiger partial charge in [-0.3, -0.25) is 14.3 Å². The van der Waals surface area contributed by atoms with Crippen molar-refractivity contribution >= 4 is 31.6 Å². The highest BCUT2D eigenvalue weighted by Crippen LogP contribution is 2.60. The number of fused-ring (bicyclic) bond motifs is 2. The number of rotatable bonds is 9. The van der Waals surface area contributed by atoms with E-state index in [1.165, 1.54) is 0 Å². The van der Waals surface area contributed by atoms with Crippen LogP contribution in [0.1, 0.15) is 43.0 Å². The van der Waals surface area contributed by atoms with E-state index in [4.69, 9.17) is 4.74 Å². The fourth-order valence-corrected chi connectivity index (χ4v) is 9.80. The standard InChI is InChI=1S/C31H38FN5O4Si/c1-21-29(42(2,3)32)27(13-16-35-20-23(14-17-38)33-34-35)41-31(21)25-18-24(36-15-7-10-28(36)39)11-12-26(25)37(30(31)40)19-22-8-5-4-6-9-22/h4-6,8-9,11-12,18,20-21,27,29,38H,7,10,13-17,19H2,1-3H3/t21-,27+,29-,31+/m0/s1. The van der Waals surface area contributed by atoms with Crippen LogP contribution in [0.2, 0.25) is 18.6 Å². The van der Waals surface area contributed by atoms with Gasteiger partial charge in [-0.2, -0.15) is 0 Å². The summed E-state index contributed by atoms with van der Waals surface area (Å²) in [6.07, 6.45) is 3.45. The Kier molecular flexibility index (Phi) is 7.53. The Morgan fingerprint density at radius 1 is 1.17 bits per heavy atom. The molecule has 2 fully saturated rings. The molecule has 0 saturated carbocycles. The summed E-state index contributed by atoms with van der Waals surface area (Å²) in [5.41, 5.74) is 2.07. The van der Waals surface area contributed by atoms with Gasteiger partial charge in [0.2, 0.25) is 14.3 Å². The molecule has 3 aliphatic heterocycles. The average molecular weight is 592 g/mol. The van der Waals surface area contributed by atoms with Crippen LogP contribution in [0.15, 0.2) is 54.7 Å². The first kappa shape index (κ1) is 28.7. The van der Waals surface area contributed by atoms with Crippen molar-refractivity contribution in [1.82, 2.24) is 15.0 Å². The Labute approximate surface area is 246 Å². The van der Waals surface area contributed by atoms with Crippen molar-refractivity contribution < 1.29 is 23.5 Å². The van der Waals surface area contributed by atoms with Crippen LogP contribution in [0, 0.1) is 5.92 Å². The number of hydrogen-bond acceptors (Lipinski definition) is 6. The van der Waals surface area contributed by atoms with Gasteiger partial charge in [-0.15, -0.1) is 5.10 Å². The number of carbonyl (C=O) groups is 2. The van der Waals surface area contributed by atoms with Gasteiger partial charge < -0.3 is 23.8 Å². The fraction of sp³-hybridized carbons (Fsp3) is 0.484. The van der Waals surface area contributed by atoms with Crippen LogP contribution < -0.4 is 9.80 Å². The molecule has 42 heavy (non-hydrogen) atoms. The van der Waals surface area contributed by atoms with Crippen molar-refractivity contribution in [2.24, 2.45) is 5.92 Å². The molecule has 0 radical (unpaired) electrons. The third-order valence-corrected chi connectivity index (χ3v) is 11.6. The molecule has 0 unspecified atom stereocenters. The maximum Gasteiger partial charge on any atom is 0.264 e. The smallest absolute Gasteiger partial charge is 0.264 e. The van der Waals surface area contributed by atoms with Gasteiger partial charge >= 0.3 is 0 Å². The van der Waals surface area contributed by atoms with Crippen LogP contribution in [-0.2, 0) is 39.4 Å². The molecular weight excluding hydrogens is 553 g/mol. The predicted molar refractivity (Wildman–Crippen MR) is 159 cm³/mol. The van der Waals surface area contributed by atoms with E-state index in [0.717, 1.165) is 23.4 Å². The maximum atomic E-state index is 16.2. The number of benzene rings is 2. The molecule has 1 N–H and O–H groups in total. The van der Waals surface area contributed by atoms with Crippen LogP contribution in [-0.4, -0.2) is 59.6 Å². The molecule has 3 aromatic rings. The van der Waals surface area contributed by atoms with Crippen LogP contribution in [0.5, 0.6) is 0 Å². The lowest BCUT2D eigenvalue weighted by Crippen LogP contribution is -2.45. The Hall–Kier alpha value is -3.41. The topological polar surface area (TPSA) is 101 Å². The van der Waals surface area contributed by atoms with Gasteiger partial charge in [-0.25, -0.2) is 0 Å². The van der Waals surface area contributed by atoms with Crippen molar-refractivity contribution in [1.29, 1.82) is 0 Å². The molecule has 9 nitrogen and oxygen atoms in total.